The number of carbonyl (C=O) groups excluding carboxylic acids is 2. The van der Waals surface area contributed by atoms with Crippen molar-refractivity contribution in [2.24, 2.45) is 5.73 Å². The van der Waals surface area contributed by atoms with Crippen molar-refractivity contribution in [1.82, 2.24) is 5.32 Å². The average molecular weight is 492 g/mol. The molecule has 0 aliphatic heterocycles. The summed E-state index contributed by atoms with van der Waals surface area (Å²) in [5.41, 5.74) is 8.34. The first kappa shape index (κ1) is 25.9. The Morgan fingerprint density at radius 1 is 0.944 bits per heavy atom. The lowest BCUT2D eigenvalue weighted by Crippen LogP contribution is -2.34. The van der Waals surface area contributed by atoms with Crippen LogP contribution >= 0.6 is 0 Å². The predicted molar refractivity (Wildman–Crippen MR) is 138 cm³/mol. The van der Waals surface area contributed by atoms with Crippen molar-refractivity contribution in [2.45, 2.75) is 12.6 Å². The van der Waals surface area contributed by atoms with Crippen molar-refractivity contribution < 1.29 is 23.8 Å². The van der Waals surface area contributed by atoms with E-state index < -0.39 is 12.1 Å². The molecule has 0 bridgehead atoms. The van der Waals surface area contributed by atoms with E-state index in [4.69, 9.17) is 25.4 Å². The maximum absolute atomic E-state index is 13.5. The standard InChI is InChI=1S/C26H29N5O5/c1-34-21-13-19(20(14-22(21)35-2)31-26(33)36-3)23(25(32)29-15-16-7-5-4-6-8-16)30-18-11-9-17(10-12-18)24(27)28/h4-14,23,30H,15H2,1-3H3,(H3,27,28)(H,29,32)(H,31,33). The number of nitrogens with two attached hydrogens (primary N) is 1. The normalized spacial score (nSPS) is 11.1. The molecule has 188 valence electrons. The van der Waals surface area contributed by atoms with Crippen molar-refractivity contribution >= 4 is 29.2 Å². The molecule has 1 unspecified atom stereocenters. The van der Waals surface area contributed by atoms with Gasteiger partial charge in [-0.15, -0.1) is 0 Å². The van der Waals surface area contributed by atoms with Crippen LogP contribution < -0.4 is 31.2 Å². The van der Waals surface area contributed by atoms with Gasteiger partial charge in [0.15, 0.2) is 11.5 Å². The lowest BCUT2D eigenvalue weighted by Gasteiger charge is -2.24. The van der Waals surface area contributed by atoms with Crippen LogP contribution in [0.3, 0.4) is 0 Å². The molecule has 0 spiro atoms. The number of nitrogen functional groups attached to an aromatic ring is 1. The first-order chi connectivity index (χ1) is 17.4. The molecule has 3 aromatic carbocycles. The summed E-state index contributed by atoms with van der Waals surface area (Å²) in [6, 6.07) is 18.5. The van der Waals surface area contributed by atoms with E-state index in [1.807, 2.05) is 30.3 Å². The lowest BCUT2D eigenvalue weighted by molar-refractivity contribution is -0.122. The van der Waals surface area contributed by atoms with Crippen LogP contribution in [0.15, 0.2) is 66.7 Å². The third kappa shape index (κ3) is 6.44. The highest BCUT2D eigenvalue weighted by Crippen LogP contribution is 2.37. The van der Waals surface area contributed by atoms with Crippen LogP contribution in [0.1, 0.15) is 22.7 Å². The van der Waals surface area contributed by atoms with Crippen molar-refractivity contribution in [3.63, 3.8) is 0 Å². The van der Waals surface area contributed by atoms with Gasteiger partial charge in [-0.05, 0) is 35.9 Å². The molecule has 3 aromatic rings. The Balaban J connectivity index is 2.03. The molecular weight excluding hydrogens is 462 g/mol. The Labute approximate surface area is 209 Å². The van der Waals surface area contributed by atoms with Crippen molar-refractivity contribution in [3.8, 4) is 11.5 Å². The number of anilines is 2. The van der Waals surface area contributed by atoms with Crippen LogP contribution in [-0.4, -0.2) is 39.2 Å². The zero-order valence-electron chi connectivity index (χ0n) is 20.3. The van der Waals surface area contributed by atoms with Crippen LogP contribution in [0.5, 0.6) is 11.5 Å². The number of ether oxygens (including phenoxy) is 3. The van der Waals surface area contributed by atoms with Gasteiger partial charge in [0.25, 0.3) is 0 Å². The van der Waals surface area contributed by atoms with E-state index >= 15 is 0 Å². The van der Waals surface area contributed by atoms with Crippen molar-refractivity contribution in [3.05, 3.63) is 83.4 Å². The molecule has 0 radical (unpaired) electrons. The highest BCUT2D eigenvalue weighted by atomic mass is 16.5. The second-order valence-corrected chi connectivity index (χ2v) is 7.68. The molecule has 10 heteroatoms. The topological polar surface area (TPSA) is 148 Å². The highest BCUT2D eigenvalue weighted by Gasteiger charge is 2.27. The number of hydrogen-bond donors (Lipinski definition) is 5. The zero-order valence-corrected chi connectivity index (χ0v) is 20.3. The zero-order chi connectivity index (χ0) is 26.1. The number of methoxy groups -OCH3 is 3. The van der Waals surface area contributed by atoms with E-state index in [0.717, 1.165) is 5.56 Å². The second-order valence-electron chi connectivity index (χ2n) is 7.68. The van der Waals surface area contributed by atoms with E-state index in [2.05, 4.69) is 16.0 Å². The fraction of sp³-hybridized carbons (Fsp3) is 0.192. The molecule has 3 rings (SSSR count). The molecular formula is C26H29N5O5. The summed E-state index contributed by atoms with van der Waals surface area (Å²) in [5.74, 6) is 0.317. The van der Waals surface area contributed by atoms with Gasteiger partial charge >= 0.3 is 6.09 Å². The largest absolute Gasteiger partial charge is 0.493 e. The Hall–Kier alpha value is -4.73. The van der Waals surface area contributed by atoms with Gasteiger partial charge in [-0.2, -0.15) is 0 Å². The van der Waals surface area contributed by atoms with Crippen LogP contribution in [0.2, 0.25) is 0 Å². The van der Waals surface area contributed by atoms with E-state index in [1.54, 1.807) is 36.4 Å². The highest BCUT2D eigenvalue weighted by molar-refractivity contribution is 5.95. The van der Waals surface area contributed by atoms with Gasteiger partial charge < -0.3 is 30.6 Å². The minimum atomic E-state index is -0.955. The molecule has 0 fully saturated rings. The molecule has 36 heavy (non-hydrogen) atoms. The number of carbonyl (C=O) groups is 2. The minimum absolute atomic E-state index is 0.0665. The summed E-state index contributed by atoms with van der Waals surface area (Å²) in [5, 5.41) is 16.4. The van der Waals surface area contributed by atoms with E-state index in [0.29, 0.717) is 40.5 Å². The third-order valence-electron chi connectivity index (χ3n) is 5.37. The molecule has 0 aliphatic rings. The smallest absolute Gasteiger partial charge is 0.411 e. The monoisotopic (exact) mass is 491 g/mol. The first-order valence-electron chi connectivity index (χ1n) is 11.0. The van der Waals surface area contributed by atoms with Crippen LogP contribution in [0.4, 0.5) is 16.2 Å². The number of nitrogens with one attached hydrogen (secondary N) is 4. The molecule has 2 amide bonds. The molecule has 0 aromatic heterocycles. The summed E-state index contributed by atoms with van der Waals surface area (Å²) < 4.78 is 15.6. The molecule has 1 atom stereocenters. The lowest BCUT2D eigenvalue weighted by atomic mass is 10.0. The van der Waals surface area contributed by atoms with Gasteiger partial charge in [0, 0.05) is 29.4 Å². The van der Waals surface area contributed by atoms with Crippen LogP contribution in [0, 0.1) is 5.41 Å². The predicted octanol–water partition coefficient (Wildman–Crippen LogP) is 3.64. The molecule has 0 saturated heterocycles. The Kier molecular flexibility index (Phi) is 8.71. The number of rotatable bonds is 10. The number of hydrogen-bond acceptors (Lipinski definition) is 7. The molecule has 10 nitrogen and oxygen atoms in total. The number of amides is 2. The summed E-state index contributed by atoms with van der Waals surface area (Å²) in [4.78, 5) is 25.6. The van der Waals surface area contributed by atoms with Gasteiger partial charge in [-0.25, -0.2) is 4.79 Å². The van der Waals surface area contributed by atoms with E-state index in [9.17, 15) is 9.59 Å². The maximum atomic E-state index is 13.5. The molecule has 6 N–H and O–H groups in total. The van der Waals surface area contributed by atoms with Gasteiger partial charge in [0.05, 0.1) is 27.0 Å². The van der Waals surface area contributed by atoms with E-state index in [-0.39, 0.29) is 11.7 Å². The summed E-state index contributed by atoms with van der Waals surface area (Å²) in [7, 11) is 4.19. The maximum Gasteiger partial charge on any atom is 0.411 e. The van der Waals surface area contributed by atoms with Crippen molar-refractivity contribution in [1.29, 1.82) is 5.41 Å². The Morgan fingerprint density at radius 2 is 1.58 bits per heavy atom. The number of amidine groups is 1. The van der Waals surface area contributed by atoms with Crippen molar-refractivity contribution in [2.75, 3.05) is 32.0 Å². The minimum Gasteiger partial charge on any atom is -0.493 e. The summed E-state index contributed by atoms with van der Waals surface area (Å²) in [6.07, 6.45) is -0.710. The summed E-state index contributed by atoms with van der Waals surface area (Å²) >= 11 is 0. The number of benzene rings is 3. The SMILES string of the molecule is COC(=O)Nc1cc(OC)c(OC)cc1C(Nc1ccc(C(=N)N)cc1)C(=O)NCc1ccccc1. The third-order valence-corrected chi connectivity index (χ3v) is 5.37. The first-order valence-corrected chi connectivity index (χ1v) is 11.0. The molecule has 0 heterocycles. The molecule has 0 aliphatic carbocycles. The Bertz CT molecular complexity index is 1220. The fourth-order valence-corrected chi connectivity index (χ4v) is 3.49. The van der Waals surface area contributed by atoms with Gasteiger partial charge in [-0.3, -0.25) is 15.5 Å². The van der Waals surface area contributed by atoms with Gasteiger partial charge in [-0.1, -0.05) is 30.3 Å². The van der Waals surface area contributed by atoms with Crippen LogP contribution in [-0.2, 0) is 16.1 Å². The second kappa shape index (κ2) is 12.1. The van der Waals surface area contributed by atoms with E-state index in [1.165, 1.54) is 21.3 Å². The molecule has 0 saturated carbocycles. The Morgan fingerprint density at radius 3 is 2.17 bits per heavy atom. The van der Waals surface area contributed by atoms with Gasteiger partial charge in [0.2, 0.25) is 5.91 Å². The fourth-order valence-electron chi connectivity index (χ4n) is 3.49. The average Bonchev–Trinajstić information content (AvgIpc) is 2.91. The van der Waals surface area contributed by atoms with Crippen LogP contribution in [0.25, 0.3) is 0 Å². The summed E-state index contributed by atoms with van der Waals surface area (Å²) in [6.45, 7) is 0.300. The van der Waals surface area contributed by atoms with Gasteiger partial charge in [0.1, 0.15) is 11.9 Å². The quantitative estimate of drug-likeness (QED) is 0.215.